The predicted octanol–water partition coefficient (Wildman–Crippen LogP) is 0.527. The van der Waals surface area contributed by atoms with Gasteiger partial charge in [0, 0.05) is 6.42 Å². The topological polar surface area (TPSA) is 43.4 Å². The lowest BCUT2D eigenvalue weighted by Gasteiger charge is -2.04. The molecule has 0 radical (unpaired) electrons. The summed E-state index contributed by atoms with van der Waals surface area (Å²) in [6.07, 6.45) is 1.75. The van der Waals surface area contributed by atoms with Gasteiger partial charge in [-0.3, -0.25) is 4.79 Å². The lowest BCUT2D eigenvalue weighted by molar-refractivity contribution is -0.133. The van der Waals surface area contributed by atoms with E-state index in [1.54, 1.807) is 6.92 Å². The average Bonchev–Trinajstić information content (AvgIpc) is 1.85. The maximum atomic E-state index is 9.77. The molecule has 3 nitrogen and oxygen atoms in total. The van der Waals surface area contributed by atoms with Gasteiger partial charge in [-0.25, -0.2) is 0 Å². The largest absolute Gasteiger partial charge is 0.465 e. The molecule has 0 fully saturated rings. The van der Waals surface area contributed by atoms with E-state index in [0.29, 0.717) is 19.3 Å². The molecular weight excluding hydrogens is 120 g/mol. The van der Waals surface area contributed by atoms with Crippen molar-refractivity contribution in [3.8, 4) is 0 Å². The molecule has 0 aromatic heterocycles. The summed E-state index contributed by atoms with van der Waals surface area (Å²) in [5.41, 5.74) is 0. The molecule has 0 N–H and O–H groups in total. The average molecular weight is 130 g/mol. The lowest BCUT2D eigenvalue weighted by atomic mass is 10.2. The molecule has 0 saturated heterocycles. The minimum atomic E-state index is -0.132. The molecule has 0 spiro atoms. The molecule has 3 heteroatoms. The third kappa shape index (κ3) is 5.00. The molecule has 1 atom stereocenters. The van der Waals surface area contributed by atoms with Crippen molar-refractivity contribution in [1.82, 2.24) is 0 Å². The second-order valence-electron chi connectivity index (χ2n) is 1.79. The Morgan fingerprint density at radius 2 is 2.22 bits per heavy atom. The van der Waals surface area contributed by atoms with Crippen LogP contribution in [-0.4, -0.2) is 18.9 Å². The second kappa shape index (κ2) is 5.28. The zero-order chi connectivity index (χ0) is 7.11. The smallest absolute Gasteiger partial charge is 0.293 e. The number of aldehydes is 1. The molecule has 0 aromatic rings. The molecule has 9 heavy (non-hydrogen) atoms. The van der Waals surface area contributed by atoms with Crippen molar-refractivity contribution >= 4 is 12.8 Å². The van der Waals surface area contributed by atoms with Crippen LogP contribution in [0, 0.1) is 0 Å². The summed E-state index contributed by atoms with van der Waals surface area (Å²) in [5, 5.41) is 0. The molecule has 0 aliphatic carbocycles. The highest BCUT2D eigenvalue weighted by atomic mass is 16.5. The number of carbonyl (C=O) groups is 2. The highest BCUT2D eigenvalue weighted by Gasteiger charge is 1.98. The van der Waals surface area contributed by atoms with Gasteiger partial charge in [0.25, 0.3) is 6.47 Å². The molecule has 0 aliphatic heterocycles. The normalized spacial score (nSPS) is 12.1. The lowest BCUT2D eigenvalue weighted by Crippen LogP contribution is -2.06. The van der Waals surface area contributed by atoms with Crippen LogP contribution in [-0.2, 0) is 14.3 Å². The minimum absolute atomic E-state index is 0.132. The van der Waals surface area contributed by atoms with Crippen LogP contribution in [0.3, 0.4) is 0 Å². The number of hydrogen-bond donors (Lipinski definition) is 0. The second-order valence-corrected chi connectivity index (χ2v) is 1.79. The van der Waals surface area contributed by atoms with Crippen LogP contribution in [0.2, 0.25) is 0 Å². The number of ether oxygens (including phenoxy) is 1. The fraction of sp³-hybridized carbons (Fsp3) is 0.667. The van der Waals surface area contributed by atoms with Crippen LogP contribution in [0.15, 0.2) is 0 Å². The Labute approximate surface area is 54.0 Å². The molecule has 0 unspecified atom stereocenters. The van der Waals surface area contributed by atoms with Crippen LogP contribution >= 0.6 is 0 Å². The van der Waals surface area contributed by atoms with Crippen LogP contribution in [0.4, 0.5) is 0 Å². The van der Waals surface area contributed by atoms with E-state index in [2.05, 4.69) is 4.74 Å². The van der Waals surface area contributed by atoms with Crippen LogP contribution < -0.4 is 0 Å². The van der Waals surface area contributed by atoms with Gasteiger partial charge in [0.15, 0.2) is 0 Å². The van der Waals surface area contributed by atoms with Gasteiger partial charge >= 0.3 is 0 Å². The molecule has 0 aromatic carbocycles. The summed E-state index contributed by atoms with van der Waals surface area (Å²) in [5.74, 6) is 0. The first-order chi connectivity index (χ1) is 4.31. The molecule has 0 heterocycles. The monoisotopic (exact) mass is 130 g/mol. The Balaban J connectivity index is 3.14. The van der Waals surface area contributed by atoms with E-state index in [1.165, 1.54) is 0 Å². The van der Waals surface area contributed by atoms with Crippen LogP contribution in [0.1, 0.15) is 19.8 Å². The molecule has 0 rings (SSSR count). The maximum absolute atomic E-state index is 9.77. The molecular formula is C6H10O3. The van der Waals surface area contributed by atoms with E-state index in [4.69, 9.17) is 0 Å². The minimum Gasteiger partial charge on any atom is -0.465 e. The van der Waals surface area contributed by atoms with Crippen molar-refractivity contribution in [3.05, 3.63) is 0 Å². The standard InChI is InChI=1S/C6H10O3/c1-6(9-5-8)3-2-4-7/h4-6H,2-3H2,1H3/t6-/m0/s1. The van der Waals surface area contributed by atoms with Crippen molar-refractivity contribution in [2.45, 2.75) is 25.9 Å². The van der Waals surface area contributed by atoms with Gasteiger partial charge in [0.2, 0.25) is 0 Å². The molecule has 52 valence electrons. The third-order valence-electron chi connectivity index (χ3n) is 0.979. The van der Waals surface area contributed by atoms with E-state index < -0.39 is 0 Å². The van der Waals surface area contributed by atoms with E-state index in [9.17, 15) is 9.59 Å². The van der Waals surface area contributed by atoms with Crippen LogP contribution in [0.25, 0.3) is 0 Å². The molecule has 0 amide bonds. The van der Waals surface area contributed by atoms with Crippen molar-refractivity contribution in [2.24, 2.45) is 0 Å². The molecule has 0 saturated carbocycles. The highest BCUT2D eigenvalue weighted by molar-refractivity contribution is 5.49. The van der Waals surface area contributed by atoms with Crippen molar-refractivity contribution in [1.29, 1.82) is 0 Å². The number of rotatable bonds is 5. The Bertz CT molecular complexity index is 90.3. The maximum Gasteiger partial charge on any atom is 0.293 e. The Kier molecular flexibility index (Phi) is 4.78. The van der Waals surface area contributed by atoms with Gasteiger partial charge < -0.3 is 9.53 Å². The number of hydrogen-bond acceptors (Lipinski definition) is 3. The summed E-state index contributed by atoms with van der Waals surface area (Å²) in [6.45, 7) is 2.15. The van der Waals surface area contributed by atoms with Gasteiger partial charge in [0.1, 0.15) is 6.29 Å². The zero-order valence-electron chi connectivity index (χ0n) is 5.37. The van der Waals surface area contributed by atoms with Gasteiger partial charge in [0.05, 0.1) is 6.10 Å². The van der Waals surface area contributed by atoms with E-state index >= 15 is 0 Å². The van der Waals surface area contributed by atoms with Crippen LogP contribution in [0.5, 0.6) is 0 Å². The fourth-order valence-corrected chi connectivity index (χ4v) is 0.466. The van der Waals surface area contributed by atoms with Crippen molar-refractivity contribution in [2.75, 3.05) is 0 Å². The van der Waals surface area contributed by atoms with Gasteiger partial charge in [-0.1, -0.05) is 0 Å². The Morgan fingerprint density at radius 1 is 1.56 bits per heavy atom. The predicted molar refractivity (Wildman–Crippen MR) is 31.9 cm³/mol. The first-order valence-corrected chi connectivity index (χ1v) is 2.84. The summed E-state index contributed by atoms with van der Waals surface area (Å²) < 4.78 is 4.50. The van der Waals surface area contributed by atoms with E-state index in [0.717, 1.165) is 6.29 Å². The Morgan fingerprint density at radius 3 is 2.67 bits per heavy atom. The van der Waals surface area contributed by atoms with Gasteiger partial charge in [-0.05, 0) is 13.3 Å². The molecule has 0 bridgehead atoms. The van der Waals surface area contributed by atoms with E-state index in [-0.39, 0.29) is 6.10 Å². The fourth-order valence-electron chi connectivity index (χ4n) is 0.466. The van der Waals surface area contributed by atoms with Crippen molar-refractivity contribution in [3.63, 3.8) is 0 Å². The summed E-state index contributed by atoms with van der Waals surface area (Å²) in [7, 11) is 0. The zero-order valence-corrected chi connectivity index (χ0v) is 5.37. The quantitative estimate of drug-likeness (QED) is 0.510. The van der Waals surface area contributed by atoms with Crippen molar-refractivity contribution < 1.29 is 14.3 Å². The summed E-state index contributed by atoms with van der Waals surface area (Å²) >= 11 is 0. The SMILES string of the molecule is C[C@@H](CCC=O)OC=O. The summed E-state index contributed by atoms with van der Waals surface area (Å²) in [4.78, 5) is 19.4. The summed E-state index contributed by atoms with van der Waals surface area (Å²) in [6, 6.07) is 0. The van der Waals surface area contributed by atoms with E-state index in [1.807, 2.05) is 0 Å². The Hall–Kier alpha value is -0.860. The first kappa shape index (κ1) is 8.14. The third-order valence-corrected chi connectivity index (χ3v) is 0.979. The van der Waals surface area contributed by atoms with Gasteiger partial charge in [-0.15, -0.1) is 0 Å². The highest BCUT2D eigenvalue weighted by Crippen LogP contribution is 1.96. The number of carbonyl (C=O) groups excluding carboxylic acids is 2. The first-order valence-electron chi connectivity index (χ1n) is 2.84. The van der Waals surface area contributed by atoms with Gasteiger partial charge in [-0.2, -0.15) is 0 Å². The molecule has 0 aliphatic rings.